The lowest BCUT2D eigenvalue weighted by molar-refractivity contribution is 1.14. The van der Waals surface area contributed by atoms with Gasteiger partial charge in [0.2, 0.25) is 0 Å². The van der Waals surface area contributed by atoms with Crippen molar-refractivity contribution in [2.75, 3.05) is 5.73 Å². The van der Waals surface area contributed by atoms with Crippen LogP contribution in [0.15, 0.2) is 60.1 Å². The highest BCUT2D eigenvalue weighted by molar-refractivity contribution is 7.15. The number of nitrogens with two attached hydrogens (primary N) is 1. The summed E-state index contributed by atoms with van der Waals surface area (Å²) in [5, 5.41) is 2.13. The van der Waals surface area contributed by atoms with Gasteiger partial charge in [-0.3, -0.25) is 4.40 Å². The van der Waals surface area contributed by atoms with Gasteiger partial charge in [0.25, 0.3) is 0 Å². The average Bonchev–Trinajstić information content (AvgIpc) is 3.15. The van der Waals surface area contributed by atoms with E-state index in [0.29, 0.717) is 0 Å². The highest BCUT2D eigenvalue weighted by Gasteiger charge is 2.11. The van der Waals surface area contributed by atoms with E-state index in [0.717, 1.165) is 39.6 Å². The molecule has 0 spiro atoms. The van der Waals surface area contributed by atoms with Crippen LogP contribution < -0.4 is 5.73 Å². The molecule has 0 atom stereocenters. The zero-order valence-electron chi connectivity index (χ0n) is 12.9. The molecule has 4 aromatic rings. The van der Waals surface area contributed by atoms with E-state index >= 15 is 0 Å². The molecular weight excluding hydrogens is 302 g/mol. The molecule has 0 aliphatic heterocycles. The summed E-state index contributed by atoms with van der Waals surface area (Å²) in [7, 11) is 0. The summed E-state index contributed by atoms with van der Waals surface area (Å²) >= 11 is 1.65. The van der Waals surface area contributed by atoms with Crippen LogP contribution in [0, 0.1) is 0 Å². The lowest BCUT2D eigenvalue weighted by Crippen LogP contribution is -1.87. The Kier molecular flexibility index (Phi) is 3.39. The number of rotatable bonds is 3. The van der Waals surface area contributed by atoms with Crippen molar-refractivity contribution in [1.82, 2.24) is 9.38 Å². The zero-order valence-corrected chi connectivity index (χ0v) is 13.7. The number of nitrogen functional groups attached to an aromatic ring is 1. The van der Waals surface area contributed by atoms with E-state index < -0.39 is 0 Å². The Balaban J connectivity index is 1.79. The molecule has 0 bridgehead atoms. The van der Waals surface area contributed by atoms with E-state index in [1.165, 1.54) is 5.56 Å². The molecule has 0 aliphatic carbocycles. The molecule has 4 rings (SSSR count). The maximum atomic E-state index is 5.91. The summed E-state index contributed by atoms with van der Waals surface area (Å²) < 4.78 is 2.14. The van der Waals surface area contributed by atoms with Crippen molar-refractivity contribution in [2.45, 2.75) is 13.3 Å². The molecule has 0 saturated carbocycles. The number of fused-ring (bicyclic) bond motifs is 1. The first kappa shape index (κ1) is 14.0. The number of aryl methyl sites for hydroxylation is 1. The van der Waals surface area contributed by atoms with Crippen molar-refractivity contribution in [1.29, 1.82) is 0 Å². The van der Waals surface area contributed by atoms with Crippen LogP contribution in [0.1, 0.15) is 12.5 Å². The van der Waals surface area contributed by atoms with Crippen molar-refractivity contribution < 1.29 is 0 Å². The molecule has 0 saturated heterocycles. The third kappa shape index (κ3) is 2.51. The highest BCUT2D eigenvalue weighted by atomic mass is 32.1. The third-order valence-corrected chi connectivity index (χ3v) is 4.89. The minimum atomic E-state index is 0.775. The topological polar surface area (TPSA) is 43.3 Å². The smallest absolute Gasteiger partial charge is 0.194 e. The number of thiazole rings is 1. The quantitative estimate of drug-likeness (QED) is 0.547. The maximum absolute atomic E-state index is 5.91. The van der Waals surface area contributed by atoms with Gasteiger partial charge < -0.3 is 5.73 Å². The second-order valence-electron chi connectivity index (χ2n) is 5.58. The Bertz CT molecular complexity index is 964. The van der Waals surface area contributed by atoms with Crippen LogP contribution in [-0.2, 0) is 6.42 Å². The van der Waals surface area contributed by atoms with E-state index in [2.05, 4.69) is 53.2 Å². The summed E-state index contributed by atoms with van der Waals surface area (Å²) in [6, 6.07) is 16.6. The number of aromatic nitrogens is 2. The van der Waals surface area contributed by atoms with Crippen LogP contribution in [0.25, 0.3) is 27.5 Å². The van der Waals surface area contributed by atoms with Crippen molar-refractivity contribution in [2.24, 2.45) is 0 Å². The molecule has 0 aliphatic rings. The molecule has 3 nitrogen and oxygen atoms in total. The standard InChI is InChI=1S/C19H17N3S/c1-2-13-6-8-14(9-7-13)17-11-22-18(12-23-19(22)21-17)15-4-3-5-16(20)10-15/h3-12H,2,20H2,1H3. The predicted octanol–water partition coefficient (Wildman–Crippen LogP) is 4.87. The Hall–Kier alpha value is -2.59. The predicted molar refractivity (Wildman–Crippen MR) is 97.7 cm³/mol. The van der Waals surface area contributed by atoms with Crippen molar-refractivity contribution in [3.8, 4) is 22.5 Å². The largest absolute Gasteiger partial charge is 0.399 e. The fraction of sp³-hybridized carbons (Fsp3) is 0.105. The molecule has 2 aromatic carbocycles. The fourth-order valence-corrected chi connectivity index (χ4v) is 3.62. The van der Waals surface area contributed by atoms with Gasteiger partial charge >= 0.3 is 0 Å². The van der Waals surface area contributed by atoms with Crippen LogP contribution in [0.4, 0.5) is 5.69 Å². The molecule has 0 amide bonds. The zero-order chi connectivity index (χ0) is 15.8. The molecule has 0 fully saturated rings. The number of imidazole rings is 1. The number of nitrogens with zero attached hydrogens (tertiary/aromatic N) is 2. The number of benzene rings is 2. The van der Waals surface area contributed by atoms with Gasteiger partial charge in [0, 0.05) is 28.4 Å². The SMILES string of the molecule is CCc1ccc(-c2cn3c(-c4cccc(N)c4)csc3n2)cc1. The average molecular weight is 319 g/mol. The molecule has 2 heterocycles. The monoisotopic (exact) mass is 319 g/mol. The van der Waals surface area contributed by atoms with Crippen molar-refractivity contribution in [3.63, 3.8) is 0 Å². The summed E-state index contributed by atoms with van der Waals surface area (Å²) in [6.45, 7) is 2.17. The van der Waals surface area contributed by atoms with Gasteiger partial charge in [-0.1, -0.05) is 43.3 Å². The van der Waals surface area contributed by atoms with Gasteiger partial charge in [0.15, 0.2) is 4.96 Å². The molecule has 4 heteroatoms. The lowest BCUT2D eigenvalue weighted by Gasteiger charge is -2.01. The van der Waals surface area contributed by atoms with Crippen LogP contribution in [0.3, 0.4) is 0 Å². The van der Waals surface area contributed by atoms with Gasteiger partial charge in [0.05, 0.1) is 11.4 Å². The minimum absolute atomic E-state index is 0.775. The molecule has 114 valence electrons. The van der Waals surface area contributed by atoms with E-state index in [1.54, 1.807) is 11.3 Å². The Morgan fingerprint density at radius 3 is 2.65 bits per heavy atom. The van der Waals surface area contributed by atoms with Crippen molar-refractivity contribution >= 4 is 22.0 Å². The van der Waals surface area contributed by atoms with Crippen molar-refractivity contribution in [3.05, 3.63) is 65.7 Å². The summed E-state index contributed by atoms with van der Waals surface area (Å²) in [4.78, 5) is 5.75. The number of hydrogen-bond donors (Lipinski definition) is 1. The third-order valence-electron chi connectivity index (χ3n) is 4.05. The number of anilines is 1. The van der Waals surface area contributed by atoms with Gasteiger partial charge in [-0.15, -0.1) is 11.3 Å². The van der Waals surface area contributed by atoms with E-state index in [9.17, 15) is 0 Å². The van der Waals surface area contributed by atoms with Gasteiger partial charge in [-0.05, 0) is 24.1 Å². The minimum Gasteiger partial charge on any atom is -0.399 e. The Morgan fingerprint density at radius 1 is 1.09 bits per heavy atom. The normalized spacial score (nSPS) is 11.2. The molecular formula is C19H17N3S. The first-order valence-corrected chi connectivity index (χ1v) is 8.54. The highest BCUT2D eigenvalue weighted by Crippen LogP contribution is 2.30. The van der Waals surface area contributed by atoms with Gasteiger partial charge in [-0.2, -0.15) is 0 Å². The van der Waals surface area contributed by atoms with Crippen LogP contribution >= 0.6 is 11.3 Å². The fourth-order valence-electron chi connectivity index (χ4n) is 2.74. The first-order chi connectivity index (χ1) is 11.2. The van der Waals surface area contributed by atoms with E-state index in [1.807, 2.05) is 18.2 Å². The van der Waals surface area contributed by atoms with Gasteiger partial charge in [-0.25, -0.2) is 4.98 Å². The van der Waals surface area contributed by atoms with E-state index in [-0.39, 0.29) is 0 Å². The Labute approximate surface area is 139 Å². The number of hydrogen-bond acceptors (Lipinski definition) is 3. The summed E-state index contributed by atoms with van der Waals surface area (Å²) in [5.41, 5.74) is 12.4. The van der Waals surface area contributed by atoms with Crippen LogP contribution in [0.2, 0.25) is 0 Å². The van der Waals surface area contributed by atoms with Gasteiger partial charge in [0.1, 0.15) is 0 Å². The summed E-state index contributed by atoms with van der Waals surface area (Å²) in [6.07, 6.45) is 3.16. The molecule has 2 N–H and O–H groups in total. The van der Waals surface area contributed by atoms with Crippen LogP contribution in [0.5, 0.6) is 0 Å². The second-order valence-corrected chi connectivity index (χ2v) is 6.41. The molecule has 2 aromatic heterocycles. The maximum Gasteiger partial charge on any atom is 0.194 e. The van der Waals surface area contributed by atoms with E-state index in [4.69, 9.17) is 10.7 Å². The van der Waals surface area contributed by atoms with Crippen LogP contribution in [-0.4, -0.2) is 9.38 Å². The second kappa shape index (κ2) is 5.56. The molecule has 0 radical (unpaired) electrons. The summed E-state index contributed by atoms with van der Waals surface area (Å²) in [5.74, 6) is 0. The molecule has 23 heavy (non-hydrogen) atoms. The molecule has 0 unspecified atom stereocenters. The lowest BCUT2D eigenvalue weighted by atomic mass is 10.1. The first-order valence-electron chi connectivity index (χ1n) is 7.66. The Morgan fingerprint density at radius 2 is 1.91 bits per heavy atom.